The van der Waals surface area contributed by atoms with Crippen LogP contribution >= 0.6 is 0 Å². The smallest absolute Gasteiger partial charge is 0.392 e. The Kier molecular flexibility index (Phi) is 12.6. The molecule has 1 N–H and O–H groups in total. The maximum Gasteiger partial charge on any atom is 0.461 e. The normalized spacial score (nSPS) is 11.1. The first kappa shape index (κ1) is 26.9. The third kappa shape index (κ3) is 8.84. The zero-order valence-corrected chi connectivity index (χ0v) is 20.4. The Morgan fingerprint density at radius 3 is 1.94 bits per heavy atom. The predicted octanol–water partition coefficient (Wildman–Crippen LogP) is 7.37. The zero-order chi connectivity index (χ0) is 23.9. The molecule has 0 saturated carbocycles. The number of hydrogen-bond donors (Lipinski definition) is 1. The van der Waals surface area contributed by atoms with Crippen LogP contribution in [0.1, 0.15) is 108 Å². The van der Waals surface area contributed by atoms with Gasteiger partial charge >= 0.3 is 12.1 Å². The van der Waals surface area contributed by atoms with Gasteiger partial charge in [0.1, 0.15) is 0 Å². The van der Waals surface area contributed by atoms with Crippen LogP contribution < -0.4 is 0 Å². The Hall–Kier alpha value is -2.34. The van der Waals surface area contributed by atoms with E-state index < -0.39 is 12.1 Å². The highest BCUT2D eigenvalue weighted by Crippen LogP contribution is 2.26. The van der Waals surface area contributed by atoms with Crippen LogP contribution in [-0.4, -0.2) is 21.7 Å². The van der Waals surface area contributed by atoms with E-state index in [4.69, 9.17) is 9.78 Å². The lowest BCUT2D eigenvalue weighted by molar-refractivity contribution is -0.232. The molecule has 33 heavy (non-hydrogen) atoms. The summed E-state index contributed by atoms with van der Waals surface area (Å²) in [5, 5.41) is 10.4. The first-order chi connectivity index (χ1) is 16.1. The Labute approximate surface area is 198 Å². The number of hydrogen-bond acceptors (Lipinski definition) is 5. The number of para-hydroxylation sites is 1. The number of rotatable bonds is 15. The number of carbonyl (C=O) groups is 2. The molecule has 0 aliphatic rings. The lowest BCUT2D eigenvalue weighted by Crippen LogP contribution is -2.18. The van der Waals surface area contributed by atoms with E-state index >= 15 is 0 Å². The van der Waals surface area contributed by atoms with E-state index in [1.807, 2.05) is 12.1 Å². The van der Waals surface area contributed by atoms with Gasteiger partial charge in [-0.25, -0.2) is 23.9 Å². The molecule has 0 bridgehead atoms. The van der Waals surface area contributed by atoms with Crippen LogP contribution in [0.15, 0.2) is 24.3 Å². The fraction of sp³-hybridized carbons (Fsp3) is 0.630. The lowest BCUT2D eigenvalue weighted by Gasteiger charge is -2.07. The van der Waals surface area contributed by atoms with Crippen molar-refractivity contribution in [3.63, 3.8) is 0 Å². The first-order valence-electron chi connectivity index (χ1n) is 12.7. The maximum atomic E-state index is 12.5. The topological polar surface area (TPSA) is 77.8 Å². The summed E-state index contributed by atoms with van der Waals surface area (Å²) in [7, 11) is 0. The van der Waals surface area contributed by atoms with Gasteiger partial charge in [-0.2, -0.15) is 0 Å². The van der Waals surface area contributed by atoms with Crippen molar-refractivity contribution in [1.82, 2.24) is 4.57 Å². The maximum absolute atomic E-state index is 12.5. The summed E-state index contributed by atoms with van der Waals surface area (Å²) < 4.78 is 1.32. The van der Waals surface area contributed by atoms with Gasteiger partial charge in [-0.05, 0) is 19.4 Å². The molecule has 0 amide bonds. The van der Waals surface area contributed by atoms with Gasteiger partial charge in [-0.15, -0.1) is 0 Å². The summed E-state index contributed by atoms with van der Waals surface area (Å²) in [5.74, 6) is -0.539. The Morgan fingerprint density at radius 1 is 0.818 bits per heavy atom. The SMILES string of the molecule is CCCCCCCCCCCCCCCC(=O)OOC(=O)n1c(C)c(CO)c2ccccc21. The number of unbranched alkanes of at least 4 members (excludes halogenated alkanes) is 12. The van der Waals surface area contributed by atoms with Crippen molar-refractivity contribution in [2.45, 2.75) is 110 Å². The highest BCUT2D eigenvalue weighted by atomic mass is 17.2. The molecule has 6 heteroatoms. The summed E-state index contributed by atoms with van der Waals surface area (Å²) in [6.45, 7) is 3.79. The largest absolute Gasteiger partial charge is 0.461 e. The third-order valence-corrected chi connectivity index (χ3v) is 6.27. The van der Waals surface area contributed by atoms with Crippen molar-refractivity contribution < 1.29 is 24.5 Å². The fourth-order valence-electron chi connectivity index (χ4n) is 4.32. The van der Waals surface area contributed by atoms with Gasteiger partial charge in [0.2, 0.25) is 0 Å². The van der Waals surface area contributed by atoms with Crippen molar-refractivity contribution in [3.8, 4) is 0 Å². The quantitative estimate of drug-likeness (QED) is 0.171. The van der Waals surface area contributed by atoms with E-state index in [0.717, 1.165) is 24.6 Å². The van der Waals surface area contributed by atoms with Gasteiger partial charge in [0.05, 0.1) is 18.5 Å². The minimum absolute atomic E-state index is 0.189. The second kappa shape index (κ2) is 15.5. The molecule has 2 rings (SSSR count). The van der Waals surface area contributed by atoms with Crippen LogP contribution in [0, 0.1) is 6.92 Å². The summed E-state index contributed by atoms with van der Waals surface area (Å²) >= 11 is 0. The van der Waals surface area contributed by atoms with Crippen molar-refractivity contribution in [2.24, 2.45) is 0 Å². The molecule has 1 aromatic carbocycles. The predicted molar refractivity (Wildman–Crippen MR) is 131 cm³/mol. The second-order valence-electron chi connectivity index (χ2n) is 8.87. The molecule has 184 valence electrons. The van der Waals surface area contributed by atoms with Crippen LogP contribution in [0.4, 0.5) is 4.79 Å². The van der Waals surface area contributed by atoms with E-state index in [0.29, 0.717) is 16.8 Å². The standard InChI is InChI=1S/C27H41NO5/c1-3-4-5-6-7-8-9-10-11-12-13-14-15-20-26(30)32-33-27(31)28-22(2)24(21-29)23-18-16-17-19-25(23)28/h16-19,29H,3-15,20-21H2,1-2H3. The van der Waals surface area contributed by atoms with Crippen molar-refractivity contribution >= 4 is 23.0 Å². The molecule has 1 heterocycles. The number of carbonyl (C=O) groups excluding carboxylic acids is 2. The molecule has 0 radical (unpaired) electrons. The van der Waals surface area contributed by atoms with E-state index in [9.17, 15) is 14.7 Å². The number of aliphatic hydroxyl groups is 1. The van der Waals surface area contributed by atoms with Crippen molar-refractivity contribution in [2.75, 3.05) is 0 Å². The summed E-state index contributed by atoms with van der Waals surface area (Å²) in [6, 6.07) is 7.23. The highest BCUT2D eigenvalue weighted by molar-refractivity contribution is 5.93. The van der Waals surface area contributed by atoms with Gasteiger partial charge in [-0.1, -0.05) is 102 Å². The molecule has 0 unspecified atom stereocenters. The Balaban J connectivity index is 1.56. The lowest BCUT2D eigenvalue weighted by atomic mass is 10.0. The molecule has 0 atom stereocenters. The molecule has 0 fully saturated rings. The summed E-state index contributed by atoms with van der Waals surface area (Å²) in [6.07, 6.45) is 15.5. The summed E-state index contributed by atoms with van der Waals surface area (Å²) in [5.41, 5.74) is 1.83. The fourth-order valence-corrected chi connectivity index (χ4v) is 4.32. The molecule has 0 spiro atoms. The van der Waals surface area contributed by atoms with Crippen LogP contribution in [-0.2, 0) is 21.2 Å². The van der Waals surface area contributed by atoms with Gasteiger partial charge < -0.3 is 5.11 Å². The minimum Gasteiger partial charge on any atom is -0.392 e. The monoisotopic (exact) mass is 459 g/mol. The number of aliphatic hydroxyl groups excluding tert-OH is 1. The zero-order valence-electron chi connectivity index (χ0n) is 20.4. The van der Waals surface area contributed by atoms with Crippen LogP contribution in [0.25, 0.3) is 10.9 Å². The third-order valence-electron chi connectivity index (χ3n) is 6.27. The average Bonchev–Trinajstić information content (AvgIpc) is 3.11. The highest BCUT2D eigenvalue weighted by Gasteiger charge is 2.20. The van der Waals surface area contributed by atoms with E-state index in [1.165, 1.54) is 68.8 Å². The number of aromatic nitrogens is 1. The molecule has 0 aliphatic carbocycles. The number of benzene rings is 1. The molecule has 1 aromatic heterocycles. The average molecular weight is 460 g/mol. The minimum atomic E-state index is -0.790. The molecular weight excluding hydrogens is 418 g/mol. The van der Waals surface area contributed by atoms with E-state index in [2.05, 4.69) is 6.92 Å². The Bertz CT molecular complexity index is 858. The van der Waals surface area contributed by atoms with Crippen LogP contribution in [0.5, 0.6) is 0 Å². The molecular formula is C27H41NO5. The first-order valence-corrected chi connectivity index (χ1v) is 12.7. The van der Waals surface area contributed by atoms with Crippen LogP contribution in [0.2, 0.25) is 0 Å². The van der Waals surface area contributed by atoms with Gasteiger partial charge in [0.15, 0.2) is 0 Å². The van der Waals surface area contributed by atoms with Gasteiger partial charge in [0.25, 0.3) is 0 Å². The van der Waals surface area contributed by atoms with Crippen molar-refractivity contribution in [1.29, 1.82) is 0 Å². The van der Waals surface area contributed by atoms with Crippen molar-refractivity contribution in [3.05, 3.63) is 35.5 Å². The van der Waals surface area contributed by atoms with Gasteiger partial charge in [0, 0.05) is 16.6 Å². The molecule has 0 saturated heterocycles. The Morgan fingerprint density at radius 2 is 1.36 bits per heavy atom. The van der Waals surface area contributed by atoms with E-state index in [-0.39, 0.29) is 13.0 Å². The van der Waals surface area contributed by atoms with E-state index in [1.54, 1.807) is 19.1 Å². The second-order valence-corrected chi connectivity index (χ2v) is 8.87. The number of fused-ring (bicyclic) bond motifs is 1. The molecule has 0 aliphatic heterocycles. The molecule has 2 aromatic rings. The summed E-state index contributed by atoms with van der Waals surface area (Å²) in [4.78, 5) is 34.0. The van der Waals surface area contributed by atoms with Crippen LogP contribution in [0.3, 0.4) is 0 Å². The number of nitrogens with zero attached hydrogens (tertiary/aromatic N) is 1. The van der Waals surface area contributed by atoms with Gasteiger partial charge in [-0.3, -0.25) is 0 Å². The molecule has 6 nitrogen and oxygen atoms in total.